The standard InChI is InChI=1S/C12H14F3N3S/c1-8(5-11(2,17)7-16)19-10-4-3-9(6-18-10)12(13,14)15/h3-4,6,8H,5,17H2,1-2H3. The molecule has 1 rings (SSSR count). The average Bonchev–Trinajstić information content (AvgIpc) is 2.27. The van der Waals surface area contributed by atoms with Crippen molar-refractivity contribution in [3.63, 3.8) is 0 Å². The molecule has 0 aliphatic carbocycles. The Labute approximate surface area is 114 Å². The largest absolute Gasteiger partial charge is 0.417 e. The molecule has 104 valence electrons. The van der Waals surface area contributed by atoms with Gasteiger partial charge in [-0.2, -0.15) is 18.4 Å². The van der Waals surface area contributed by atoms with E-state index in [9.17, 15) is 13.2 Å². The number of hydrogen-bond donors (Lipinski definition) is 1. The third-order valence-electron chi connectivity index (χ3n) is 2.35. The molecule has 2 unspecified atom stereocenters. The average molecular weight is 289 g/mol. The van der Waals surface area contributed by atoms with Crippen molar-refractivity contribution in [2.75, 3.05) is 0 Å². The van der Waals surface area contributed by atoms with E-state index in [1.807, 2.05) is 13.0 Å². The number of aromatic nitrogens is 1. The Bertz CT molecular complexity index is 463. The summed E-state index contributed by atoms with van der Waals surface area (Å²) in [6, 6.07) is 4.30. The van der Waals surface area contributed by atoms with Crippen LogP contribution in [0.25, 0.3) is 0 Å². The van der Waals surface area contributed by atoms with E-state index in [1.54, 1.807) is 6.92 Å². The van der Waals surface area contributed by atoms with Crippen molar-refractivity contribution in [2.45, 2.75) is 42.3 Å². The quantitative estimate of drug-likeness (QED) is 0.864. The van der Waals surface area contributed by atoms with E-state index < -0.39 is 17.3 Å². The van der Waals surface area contributed by atoms with Crippen LogP contribution in [0.1, 0.15) is 25.8 Å². The van der Waals surface area contributed by atoms with E-state index in [0.29, 0.717) is 11.4 Å². The predicted molar refractivity (Wildman–Crippen MR) is 67.4 cm³/mol. The van der Waals surface area contributed by atoms with Crippen LogP contribution in [0.15, 0.2) is 23.4 Å². The molecule has 0 saturated heterocycles. The zero-order valence-corrected chi connectivity index (χ0v) is 11.3. The van der Waals surface area contributed by atoms with Gasteiger partial charge in [-0.05, 0) is 25.5 Å². The van der Waals surface area contributed by atoms with Gasteiger partial charge >= 0.3 is 6.18 Å². The highest BCUT2D eigenvalue weighted by Gasteiger charge is 2.30. The Balaban J connectivity index is 2.67. The summed E-state index contributed by atoms with van der Waals surface area (Å²) in [5.41, 5.74) is 3.99. The molecule has 0 amide bonds. The van der Waals surface area contributed by atoms with E-state index in [1.165, 1.54) is 17.8 Å². The summed E-state index contributed by atoms with van der Waals surface area (Å²) in [5.74, 6) is 0. The van der Waals surface area contributed by atoms with Gasteiger partial charge in [-0.15, -0.1) is 11.8 Å². The molecule has 7 heteroatoms. The Morgan fingerprint density at radius 3 is 2.53 bits per heavy atom. The lowest BCUT2D eigenvalue weighted by Gasteiger charge is -2.19. The third kappa shape index (κ3) is 5.09. The van der Waals surface area contributed by atoms with E-state index >= 15 is 0 Å². The van der Waals surface area contributed by atoms with Gasteiger partial charge in [0.25, 0.3) is 0 Å². The van der Waals surface area contributed by atoms with Gasteiger partial charge in [0.1, 0.15) is 5.54 Å². The summed E-state index contributed by atoms with van der Waals surface area (Å²) in [5, 5.41) is 9.28. The fraction of sp³-hybridized carbons (Fsp3) is 0.500. The van der Waals surface area contributed by atoms with Crippen LogP contribution in [0.2, 0.25) is 0 Å². The molecule has 0 aliphatic rings. The molecule has 0 aliphatic heterocycles. The number of thioether (sulfide) groups is 1. The lowest BCUT2D eigenvalue weighted by molar-refractivity contribution is -0.137. The van der Waals surface area contributed by atoms with Crippen LogP contribution in [0.4, 0.5) is 13.2 Å². The number of pyridine rings is 1. The zero-order valence-electron chi connectivity index (χ0n) is 10.5. The van der Waals surface area contributed by atoms with Gasteiger partial charge in [-0.3, -0.25) is 0 Å². The van der Waals surface area contributed by atoms with Crippen molar-refractivity contribution < 1.29 is 13.2 Å². The second-order valence-corrected chi connectivity index (χ2v) is 6.00. The summed E-state index contributed by atoms with van der Waals surface area (Å²) in [6.07, 6.45) is -3.14. The molecule has 0 bridgehead atoms. The number of halogens is 3. The second kappa shape index (κ2) is 5.80. The highest BCUT2D eigenvalue weighted by molar-refractivity contribution is 7.99. The van der Waals surface area contributed by atoms with Crippen molar-refractivity contribution in [1.29, 1.82) is 5.26 Å². The number of nitrogens with zero attached hydrogens (tertiary/aromatic N) is 2. The molecule has 1 aromatic rings. The van der Waals surface area contributed by atoms with Gasteiger partial charge in [0.05, 0.1) is 16.7 Å². The molecule has 0 spiro atoms. The third-order valence-corrected chi connectivity index (χ3v) is 3.40. The Kier molecular flexibility index (Phi) is 4.82. The van der Waals surface area contributed by atoms with Gasteiger partial charge in [0, 0.05) is 11.4 Å². The normalized spacial score (nSPS) is 16.5. The summed E-state index contributed by atoms with van der Waals surface area (Å²) in [6.45, 7) is 3.47. The van der Waals surface area contributed by atoms with E-state index in [2.05, 4.69) is 4.98 Å². The number of alkyl halides is 3. The lowest BCUT2D eigenvalue weighted by Crippen LogP contribution is -2.36. The zero-order chi connectivity index (χ0) is 14.7. The van der Waals surface area contributed by atoms with Gasteiger partial charge in [-0.1, -0.05) is 6.92 Å². The molecule has 0 radical (unpaired) electrons. The van der Waals surface area contributed by atoms with Crippen LogP contribution in [0.5, 0.6) is 0 Å². The minimum absolute atomic E-state index is 0.0149. The highest BCUT2D eigenvalue weighted by atomic mass is 32.2. The first-order valence-electron chi connectivity index (χ1n) is 5.54. The molecule has 19 heavy (non-hydrogen) atoms. The van der Waals surface area contributed by atoms with Crippen molar-refractivity contribution >= 4 is 11.8 Å². The minimum Gasteiger partial charge on any atom is -0.314 e. The Morgan fingerprint density at radius 2 is 2.11 bits per heavy atom. The maximum atomic E-state index is 12.4. The van der Waals surface area contributed by atoms with Gasteiger partial charge in [0.15, 0.2) is 0 Å². The number of hydrogen-bond acceptors (Lipinski definition) is 4. The summed E-state index contributed by atoms with van der Waals surface area (Å²) in [7, 11) is 0. The monoisotopic (exact) mass is 289 g/mol. The first-order valence-corrected chi connectivity index (χ1v) is 6.42. The van der Waals surface area contributed by atoms with Crippen LogP contribution >= 0.6 is 11.8 Å². The fourth-order valence-corrected chi connectivity index (χ4v) is 2.61. The SMILES string of the molecule is CC(CC(C)(N)C#N)Sc1ccc(C(F)(F)F)cn1. The summed E-state index contributed by atoms with van der Waals surface area (Å²) in [4.78, 5) is 3.76. The molecule has 1 aromatic heterocycles. The first kappa shape index (κ1) is 15.8. The molecule has 3 nitrogen and oxygen atoms in total. The van der Waals surface area contributed by atoms with Crippen LogP contribution in [-0.4, -0.2) is 15.8 Å². The topological polar surface area (TPSA) is 62.7 Å². The Hall–Kier alpha value is -1.26. The molecule has 0 fully saturated rings. The first-order chi connectivity index (χ1) is 8.64. The van der Waals surface area contributed by atoms with Gasteiger partial charge in [0.2, 0.25) is 0 Å². The van der Waals surface area contributed by atoms with E-state index in [0.717, 1.165) is 12.3 Å². The molecular weight excluding hydrogens is 275 g/mol. The maximum absolute atomic E-state index is 12.4. The van der Waals surface area contributed by atoms with Crippen LogP contribution in [0, 0.1) is 11.3 Å². The molecule has 0 saturated carbocycles. The van der Waals surface area contributed by atoms with Gasteiger partial charge in [-0.25, -0.2) is 4.98 Å². The van der Waals surface area contributed by atoms with E-state index in [-0.39, 0.29) is 5.25 Å². The van der Waals surface area contributed by atoms with Crippen molar-refractivity contribution in [2.24, 2.45) is 5.73 Å². The van der Waals surface area contributed by atoms with Crippen molar-refractivity contribution in [1.82, 2.24) is 4.98 Å². The number of nitrogens with two attached hydrogens (primary N) is 1. The predicted octanol–water partition coefficient (Wildman–Crippen LogP) is 3.21. The molecule has 0 aromatic carbocycles. The van der Waals surface area contributed by atoms with E-state index in [4.69, 9.17) is 11.0 Å². The van der Waals surface area contributed by atoms with Crippen LogP contribution in [0.3, 0.4) is 0 Å². The highest BCUT2D eigenvalue weighted by Crippen LogP contribution is 2.31. The smallest absolute Gasteiger partial charge is 0.314 e. The van der Waals surface area contributed by atoms with Crippen LogP contribution < -0.4 is 5.73 Å². The summed E-state index contributed by atoms with van der Waals surface area (Å²) >= 11 is 1.30. The minimum atomic E-state index is -4.38. The van der Waals surface area contributed by atoms with Crippen molar-refractivity contribution in [3.05, 3.63) is 23.9 Å². The molecule has 1 heterocycles. The molecule has 2 atom stereocenters. The fourth-order valence-electron chi connectivity index (χ4n) is 1.51. The second-order valence-electron chi connectivity index (χ2n) is 4.54. The van der Waals surface area contributed by atoms with Gasteiger partial charge < -0.3 is 5.73 Å². The molecule has 2 N–H and O–H groups in total. The number of nitriles is 1. The lowest BCUT2D eigenvalue weighted by atomic mass is 10.00. The molecular formula is C12H14F3N3S. The van der Waals surface area contributed by atoms with Crippen LogP contribution in [-0.2, 0) is 6.18 Å². The number of rotatable bonds is 4. The Morgan fingerprint density at radius 1 is 1.47 bits per heavy atom. The van der Waals surface area contributed by atoms with Crippen molar-refractivity contribution in [3.8, 4) is 6.07 Å². The maximum Gasteiger partial charge on any atom is 0.417 e. The summed E-state index contributed by atoms with van der Waals surface area (Å²) < 4.78 is 37.1.